The van der Waals surface area contributed by atoms with Crippen LogP contribution >= 0.6 is 46.4 Å². The molecule has 3 aliphatic heterocycles. The molecule has 0 saturated carbocycles. The smallest absolute Gasteiger partial charge is 0.388 e. The lowest BCUT2D eigenvalue weighted by atomic mass is 9.92. The molecule has 626 valence electrons. The van der Waals surface area contributed by atoms with E-state index in [4.69, 9.17) is 76.3 Å². The van der Waals surface area contributed by atoms with E-state index in [-0.39, 0.29) is 80.9 Å². The number of nitrogens with one attached hydrogen (secondary N) is 3. The van der Waals surface area contributed by atoms with Gasteiger partial charge >= 0.3 is 30.1 Å². The number of nitrogens with zero attached hydrogens (tertiary/aromatic N) is 10. The lowest BCUT2D eigenvalue weighted by molar-refractivity contribution is -0.137. The highest BCUT2D eigenvalue weighted by Crippen LogP contribution is 2.30. The molecule has 29 nitrogen and oxygen atoms in total. The van der Waals surface area contributed by atoms with Crippen molar-refractivity contribution >= 4 is 92.7 Å². The van der Waals surface area contributed by atoms with Gasteiger partial charge in [-0.3, -0.25) is 24.0 Å². The molecule has 10 aromatic rings. The molecule has 0 aliphatic carbocycles. The zero-order valence-corrected chi connectivity index (χ0v) is 68.9. The fraction of sp³-hybridized carbons (Fsp3) is 0.325. The predicted molar refractivity (Wildman–Crippen MR) is 459 cm³/mol. The molecule has 0 spiro atoms. The van der Waals surface area contributed by atoms with Crippen molar-refractivity contribution in [2.75, 3.05) is 133 Å². The highest BCUT2D eigenvalue weighted by atomic mass is 35.5. The summed E-state index contributed by atoms with van der Waals surface area (Å²) in [7, 11) is -5.05. The standard InChI is InChI=1S/C25H31BClN5O6S.C24H27ClN4O3.C14H14Cl2N4O.C10H10O4.C10H14O2/c1-26(35)29-39(36,37)31-12-10-30(11-13-31)23-18-28-32(22-7-3-6-21(27)17-22)25(34)24(23)38-15-9-20-5-2-4-19(16-20)8-14-33;25-20-5-2-6-21(16-20)29-24(31)23(22(17-27-29)28-11-9-26-10-12-28)32-14-8-19-4-1-3-18(15-19)7-13-30;15-10-2-1-3-11(8-10)20-14(21)13(16)12(9-18-20)19-6-4-17-5-7-19;11-9(12)5-7-2-1-3-8(4-7)6-10(13)14;11-6-4-9-2-1-3-10(8-9)5-7-12/h2-7,16-18,29,33,35H,8-15H2,1H3;1-6,15-17,26,30H,7-14H2;1-3,8-9,17H,4-7H2;1-4H,5-6H2,(H,11,12)(H,13,14);1-3,8,11-12H,4-7H2. The van der Waals surface area contributed by atoms with Crippen molar-refractivity contribution in [3.63, 3.8) is 0 Å². The van der Waals surface area contributed by atoms with Gasteiger partial charge < -0.3 is 70.5 Å². The summed E-state index contributed by atoms with van der Waals surface area (Å²) in [5.74, 6) is -1.43. The molecule has 10 N–H and O–H groups in total. The third-order valence-corrected chi connectivity index (χ3v) is 21.3. The molecule has 35 heteroatoms. The Hall–Kier alpha value is -10.1. The van der Waals surface area contributed by atoms with Crippen LogP contribution < -0.4 is 56.1 Å². The van der Waals surface area contributed by atoms with Gasteiger partial charge in [0.05, 0.1) is 67.4 Å². The van der Waals surface area contributed by atoms with Crippen molar-refractivity contribution < 1.29 is 63.1 Å². The maximum Gasteiger partial charge on any atom is 0.388 e. The van der Waals surface area contributed by atoms with E-state index in [1.807, 2.05) is 71.6 Å². The minimum atomic E-state index is -3.84. The molecule has 6 heterocycles. The molecule has 13 rings (SSSR count). The van der Waals surface area contributed by atoms with Crippen LogP contribution in [0.3, 0.4) is 0 Å². The van der Waals surface area contributed by atoms with Gasteiger partial charge in [0.15, 0.2) is 0 Å². The third kappa shape index (κ3) is 28.0. The van der Waals surface area contributed by atoms with Crippen molar-refractivity contribution in [3.05, 3.63) is 284 Å². The summed E-state index contributed by atoms with van der Waals surface area (Å²) in [6.07, 6.45) is 8.48. The van der Waals surface area contributed by atoms with Gasteiger partial charge in [0.1, 0.15) is 16.4 Å². The van der Waals surface area contributed by atoms with Gasteiger partial charge in [-0.05, 0) is 132 Å². The second-order valence-electron chi connectivity index (χ2n) is 27.3. The van der Waals surface area contributed by atoms with Crippen LogP contribution in [0.25, 0.3) is 17.1 Å². The number of ether oxygens (including phenoxy) is 2. The lowest BCUT2D eigenvalue weighted by Gasteiger charge is -2.35. The van der Waals surface area contributed by atoms with Crippen LogP contribution in [0.1, 0.15) is 44.5 Å². The summed E-state index contributed by atoms with van der Waals surface area (Å²) >= 11 is 24.5. The van der Waals surface area contributed by atoms with E-state index in [9.17, 15) is 47.6 Å². The maximum absolute atomic E-state index is 13.6. The number of halogens is 4. The van der Waals surface area contributed by atoms with Crippen LogP contribution in [0, 0.1) is 0 Å². The Labute approximate surface area is 704 Å². The molecule has 3 aromatic heterocycles. The average Bonchev–Trinajstić information content (AvgIpc) is 0.790. The molecule has 0 bridgehead atoms. The number of aliphatic carboxylic acids is 2. The van der Waals surface area contributed by atoms with Crippen LogP contribution in [0.15, 0.2) is 203 Å². The normalized spacial score (nSPS) is 13.4. The first-order valence-corrected chi connectivity index (χ1v) is 41.3. The van der Waals surface area contributed by atoms with Gasteiger partial charge in [-0.15, -0.1) is 0 Å². The number of aromatic nitrogens is 6. The molecule has 3 aliphatic rings. The number of hydrogen-bond acceptors (Lipinski definition) is 22. The van der Waals surface area contributed by atoms with Crippen molar-refractivity contribution in [1.29, 1.82) is 0 Å². The molecule has 3 saturated heterocycles. The number of carboxylic acid groups (broad SMARTS) is 2. The summed E-state index contributed by atoms with van der Waals surface area (Å²) < 4.78 is 44.3. The van der Waals surface area contributed by atoms with Gasteiger partial charge in [0.2, 0.25) is 11.5 Å². The fourth-order valence-electron chi connectivity index (χ4n) is 13.0. The number of carbonyl (C=O) groups is 2. The SMILES string of the molecule is CB(O)NS(=O)(=O)N1CCN(c2cnn(-c3cccc(Cl)c3)c(=O)c2OCCc2cccc(CCO)c2)CC1.O=C(O)Cc1cccc(CC(=O)O)c1.O=c1c(Cl)c(N2CCNCC2)cnn1-c1cccc(Cl)c1.O=c1c(OCCc2cccc(CCO)c2)c(N2CCNCC2)cnn1-c1cccc(Cl)c1.OCCc1cccc(CCO)c1. The van der Waals surface area contributed by atoms with Gasteiger partial charge in [0.25, 0.3) is 15.8 Å². The molecule has 0 atom stereocenters. The van der Waals surface area contributed by atoms with Gasteiger partial charge in [0, 0.05) is 133 Å². The molecule has 118 heavy (non-hydrogen) atoms. The van der Waals surface area contributed by atoms with E-state index in [0.717, 1.165) is 85.7 Å². The number of aliphatic hydroxyl groups is 4. The van der Waals surface area contributed by atoms with E-state index < -0.39 is 34.8 Å². The Morgan fingerprint density at radius 3 is 1.08 bits per heavy atom. The Kier molecular flexibility index (Phi) is 36.5. The predicted octanol–water partition coefficient (Wildman–Crippen LogP) is 7.21. The van der Waals surface area contributed by atoms with Gasteiger partial charge in [-0.25, -0.2) is 4.63 Å². The zero-order valence-electron chi connectivity index (χ0n) is 65.1. The molecule has 0 amide bonds. The van der Waals surface area contributed by atoms with E-state index in [2.05, 4.69) is 46.4 Å². The number of hydrogen-bond donors (Lipinski definition) is 10. The minimum Gasteiger partial charge on any atom is -0.486 e. The average molecular weight is 1720 g/mol. The highest BCUT2D eigenvalue weighted by Gasteiger charge is 2.31. The molecule has 0 unspecified atom stereocenters. The first-order chi connectivity index (χ1) is 56.9. The second-order valence-corrected chi connectivity index (χ2v) is 30.7. The molecule has 3 fully saturated rings. The largest absolute Gasteiger partial charge is 0.486 e. The van der Waals surface area contributed by atoms with Crippen LogP contribution in [-0.4, -0.2) is 215 Å². The number of aliphatic hydroxyl groups excluding tert-OH is 4. The number of benzene rings is 7. The lowest BCUT2D eigenvalue weighted by Crippen LogP contribution is -2.54. The Bertz CT molecular complexity index is 5200. The van der Waals surface area contributed by atoms with Gasteiger partial charge in [-0.1, -0.05) is 162 Å². The summed E-state index contributed by atoms with van der Waals surface area (Å²) in [6, 6.07) is 51.2. The molecular formula is C83H96BCl4N13O16S. The summed E-state index contributed by atoms with van der Waals surface area (Å²) in [5, 5.41) is 83.6. The second kappa shape index (κ2) is 46.9. The van der Waals surface area contributed by atoms with Crippen LogP contribution in [0.5, 0.6) is 11.5 Å². The Balaban J connectivity index is 0.000000179. The van der Waals surface area contributed by atoms with E-state index in [1.54, 1.807) is 109 Å². The Morgan fingerprint density at radius 2 is 0.737 bits per heavy atom. The number of carboxylic acids is 2. The molecule has 0 radical (unpaired) electrons. The zero-order chi connectivity index (χ0) is 84.5. The van der Waals surface area contributed by atoms with Crippen LogP contribution in [0.4, 0.5) is 17.1 Å². The number of rotatable bonds is 29. The third-order valence-electron chi connectivity index (χ3n) is 18.6. The topological polar surface area (TPSA) is 382 Å². The first-order valence-electron chi connectivity index (χ1n) is 38.3. The monoisotopic (exact) mass is 1710 g/mol. The highest BCUT2D eigenvalue weighted by molar-refractivity contribution is 7.88. The summed E-state index contributed by atoms with van der Waals surface area (Å²) in [6.45, 7) is 9.94. The minimum absolute atomic E-state index is 0.0625. The van der Waals surface area contributed by atoms with Gasteiger partial charge in [-0.2, -0.15) is 42.1 Å². The van der Waals surface area contributed by atoms with E-state index in [0.29, 0.717) is 124 Å². The maximum atomic E-state index is 13.6. The summed E-state index contributed by atoms with van der Waals surface area (Å²) in [4.78, 5) is 66.2. The van der Waals surface area contributed by atoms with Crippen molar-refractivity contribution in [1.82, 2.24) is 48.9 Å². The van der Waals surface area contributed by atoms with Crippen LogP contribution in [-0.2, 0) is 71.2 Å². The van der Waals surface area contributed by atoms with Crippen molar-refractivity contribution in [2.24, 2.45) is 0 Å². The Morgan fingerprint density at radius 1 is 0.432 bits per heavy atom. The molecule has 7 aromatic carbocycles. The first kappa shape index (κ1) is 91.8. The van der Waals surface area contributed by atoms with E-state index in [1.165, 1.54) is 31.4 Å². The fourth-order valence-corrected chi connectivity index (χ4v) is 15.0. The van der Waals surface area contributed by atoms with Crippen molar-refractivity contribution in [3.8, 4) is 28.6 Å². The summed E-state index contributed by atoms with van der Waals surface area (Å²) in [5.41, 5.74) is 10.1. The van der Waals surface area contributed by atoms with E-state index >= 15 is 0 Å². The quantitative estimate of drug-likeness (QED) is 0.0207. The van der Waals surface area contributed by atoms with Crippen molar-refractivity contribution in [2.45, 2.75) is 58.2 Å². The molecular weight excluding hydrogens is 1620 g/mol. The number of anilines is 3. The number of piperazine rings is 3. The van der Waals surface area contributed by atoms with Crippen LogP contribution in [0.2, 0.25) is 26.9 Å².